The maximum absolute atomic E-state index is 12.6. The van der Waals surface area contributed by atoms with Gasteiger partial charge >= 0.3 is 12.1 Å². The van der Waals surface area contributed by atoms with E-state index in [1.165, 1.54) is 6.08 Å². The fraction of sp³-hybridized carbons (Fsp3) is 0.357. The fourth-order valence-corrected chi connectivity index (χ4v) is 1.77. The summed E-state index contributed by atoms with van der Waals surface area (Å²) in [5.74, 6) is -0.293. The second-order valence-electron chi connectivity index (χ2n) is 4.62. The van der Waals surface area contributed by atoms with Crippen LogP contribution in [0.15, 0.2) is 42.5 Å². The standard InChI is InChI=1S/C14H13F3O2/c15-14(16,17)13(9-10-13)8-4-7-12(18)19-11-5-2-1-3-6-11/h1-7H,8-10H2/b7-4-. The summed E-state index contributed by atoms with van der Waals surface area (Å²) < 4.78 is 42.8. The lowest BCUT2D eigenvalue weighted by molar-refractivity contribution is -0.185. The van der Waals surface area contributed by atoms with E-state index >= 15 is 0 Å². The zero-order valence-corrected chi connectivity index (χ0v) is 10.1. The van der Waals surface area contributed by atoms with Crippen LogP contribution >= 0.6 is 0 Å². The van der Waals surface area contributed by atoms with Crippen molar-refractivity contribution in [3.63, 3.8) is 0 Å². The van der Waals surface area contributed by atoms with Gasteiger partial charge in [-0.05, 0) is 31.4 Å². The van der Waals surface area contributed by atoms with Crippen LogP contribution in [-0.4, -0.2) is 12.1 Å². The zero-order valence-electron chi connectivity index (χ0n) is 10.1. The number of allylic oxidation sites excluding steroid dienone is 1. The molecule has 0 spiro atoms. The third-order valence-corrected chi connectivity index (χ3v) is 3.18. The number of para-hydroxylation sites is 1. The molecule has 0 heterocycles. The van der Waals surface area contributed by atoms with Gasteiger partial charge in [0.15, 0.2) is 0 Å². The highest BCUT2D eigenvalue weighted by atomic mass is 19.4. The Kier molecular flexibility index (Phi) is 3.64. The molecule has 1 fully saturated rings. The Labute approximate surface area is 108 Å². The van der Waals surface area contributed by atoms with E-state index in [-0.39, 0.29) is 19.3 Å². The summed E-state index contributed by atoms with van der Waals surface area (Å²) in [7, 11) is 0. The summed E-state index contributed by atoms with van der Waals surface area (Å²) in [5, 5.41) is 0. The van der Waals surface area contributed by atoms with Gasteiger partial charge < -0.3 is 4.74 Å². The normalized spacial score (nSPS) is 17.4. The Morgan fingerprint density at radius 1 is 1.26 bits per heavy atom. The Hall–Kier alpha value is -1.78. The van der Waals surface area contributed by atoms with Crippen LogP contribution < -0.4 is 4.74 Å². The summed E-state index contributed by atoms with van der Waals surface area (Å²) in [5.41, 5.74) is -1.61. The first-order valence-electron chi connectivity index (χ1n) is 5.93. The number of hydrogen-bond acceptors (Lipinski definition) is 2. The minimum atomic E-state index is -4.19. The number of halogens is 3. The number of rotatable bonds is 4. The lowest BCUT2D eigenvalue weighted by atomic mass is 10.0. The van der Waals surface area contributed by atoms with Crippen LogP contribution in [0.25, 0.3) is 0 Å². The molecule has 19 heavy (non-hydrogen) atoms. The van der Waals surface area contributed by atoms with Gasteiger partial charge in [0.1, 0.15) is 5.75 Å². The first-order valence-corrected chi connectivity index (χ1v) is 5.93. The highest BCUT2D eigenvalue weighted by Gasteiger charge is 2.62. The number of carbonyl (C=O) groups is 1. The van der Waals surface area contributed by atoms with Crippen molar-refractivity contribution in [3.8, 4) is 5.75 Å². The van der Waals surface area contributed by atoms with Gasteiger partial charge in [0.25, 0.3) is 0 Å². The number of ether oxygens (including phenoxy) is 1. The Morgan fingerprint density at radius 3 is 2.42 bits per heavy atom. The summed E-state index contributed by atoms with van der Waals surface area (Å²) in [6.07, 6.45) is -1.80. The van der Waals surface area contributed by atoms with Crippen LogP contribution in [0.3, 0.4) is 0 Å². The van der Waals surface area contributed by atoms with Gasteiger partial charge in [-0.1, -0.05) is 24.3 Å². The monoisotopic (exact) mass is 270 g/mol. The third-order valence-electron chi connectivity index (χ3n) is 3.18. The maximum atomic E-state index is 12.6. The first-order chi connectivity index (χ1) is 8.93. The van der Waals surface area contributed by atoms with Gasteiger partial charge in [-0.3, -0.25) is 0 Å². The van der Waals surface area contributed by atoms with E-state index < -0.39 is 17.6 Å². The second kappa shape index (κ2) is 5.07. The average molecular weight is 270 g/mol. The highest BCUT2D eigenvalue weighted by molar-refractivity contribution is 5.83. The van der Waals surface area contributed by atoms with E-state index in [1.54, 1.807) is 30.3 Å². The molecule has 0 saturated heterocycles. The largest absolute Gasteiger partial charge is 0.423 e. The number of carbonyl (C=O) groups excluding carboxylic acids is 1. The van der Waals surface area contributed by atoms with Crippen LogP contribution in [0, 0.1) is 5.41 Å². The predicted octanol–water partition coefficient (Wildman–Crippen LogP) is 3.88. The van der Waals surface area contributed by atoms with Crippen molar-refractivity contribution in [2.45, 2.75) is 25.4 Å². The number of esters is 1. The van der Waals surface area contributed by atoms with Gasteiger partial charge in [-0.25, -0.2) is 4.79 Å². The molecule has 0 unspecified atom stereocenters. The molecule has 0 radical (unpaired) electrons. The van der Waals surface area contributed by atoms with Crippen LogP contribution in [0.2, 0.25) is 0 Å². The molecule has 1 aromatic carbocycles. The van der Waals surface area contributed by atoms with Gasteiger partial charge in [0.05, 0.1) is 5.41 Å². The summed E-state index contributed by atoms with van der Waals surface area (Å²) >= 11 is 0. The Morgan fingerprint density at radius 2 is 1.89 bits per heavy atom. The first kappa shape index (κ1) is 13.6. The smallest absolute Gasteiger partial charge is 0.394 e. The molecule has 1 aromatic rings. The van der Waals surface area contributed by atoms with Crippen molar-refractivity contribution >= 4 is 5.97 Å². The highest BCUT2D eigenvalue weighted by Crippen LogP contribution is 2.60. The van der Waals surface area contributed by atoms with Crippen molar-refractivity contribution in [3.05, 3.63) is 42.5 Å². The molecule has 0 amide bonds. The number of benzene rings is 1. The molecule has 0 bridgehead atoms. The fourth-order valence-electron chi connectivity index (χ4n) is 1.77. The van der Waals surface area contributed by atoms with Gasteiger partial charge in [0, 0.05) is 6.08 Å². The summed E-state index contributed by atoms with van der Waals surface area (Å²) in [6.45, 7) is 0. The van der Waals surface area contributed by atoms with Crippen LogP contribution in [-0.2, 0) is 4.79 Å². The summed E-state index contributed by atoms with van der Waals surface area (Å²) in [6, 6.07) is 8.38. The number of hydrogen-bond donors (Lipinski definition) is 0. The molecular formula is C14H13F3O2. The maximum Gasteiger partial charge on any atom is 0.394 e. The molecule has 1 aliphatic carbocycles. The van der Waals surface area contributed by atoms with E-state index in [4.69, 9.17) is 4.74 Å². The average Bonchev–Trinajstić information content (AvgIpc) is 3.11. The van der Waals surface area contributed by atoms with E-state index in [9.17, 15) is 18.0 Å². The lowest BCUT2D eigenvalue weighted by Crippen LogP contribution is -2.23. The molecule has 102 valence electrons. The van der Waals surface area contributed by atoms with Gasteiger partial charge in [-0.15, -0.1) is 0 Å². The molecule has 0 aliphatic heterocycles. The molecule has 0 atom stereocenters. The van der Waals surface area contributed by atoms with Gasteiger partial charge in [-0.2, -0.15) is 13.2 Å². The Balaban J connectivity index is 1.85. The molecule has 0 N–H and O–H groups in total. The van der Waals surface area contributed by atoms with Crippen molar-refractivity contribution in [1.82, 2.24) is 0 Å². The van der Waals surface area contributed by atoms with E-state index in [0.717, 1.165) is 6.08 Å². The zero-order chi connectivity index (χ0) is 13.9. The minimum Gasteiger partial charge on any atom is -0.423 e. The van der Waals surface area contributed by atoms with Crippen molar-refractivity contribution in [2.75, 3.05) is 0 Å². The van der Waals surface area contributed by atoms with Crippen LogP contribution in [0.5, 0.6) is 5.75 Å². The second-order valence-corrected chi connectivity index (χ2v) is 4.62. The minimum absolute atomic E-state index is 0.134. The Bertz CT molecular complexity index is 473. The van der Waals surface area contributed by atoms with E-state index in [1.807, 2.05) is 0 Å². The SMILES string of the molecule is O=C(/C=C\CC1(C(F)(F)F)CC1)Oc1ccccc1. The molecule has 5 heteroatoms. The molecule has 1 saturated carbocycles. The topological polar surface area (TPSA) is 26.3 Å². The molecule has 1 aliphatic rings. The molecule has 2 rings (SSSR count). The predicted molar refractivity (Wildman–Crippen MR) is 63.6 cm³/mol. The van der Waals surface area contributed by atoms with Crippen LogP contribution in [0.1, 0.15) is 19.3 Å². The summed E-state index contributed by atoms with van der Waals surface area (Å²) in [4.78, 5) is 11.4. The lowest BCUT2D eigenvalue weighted by Gasteiger charge is -2.16. The van der Waals surface area contributed by atoms with Crippen LogP contribution in [0.4, 0.5) is 13.2 Å². The number of alkyl halides is 3. The van der Waals surface area contributed by atoms with Crippen molar-refractivity contribution in [2.24, 2.45) is 5.41 Å². The molecule has 0 aromatic heterocycles. The molecule has 2 nitrogen and oxygen atoms in total. The van der Waals surface area contributed by atoms with Crippen molar-refractivity contribution in [1.29, 1.82) is 0 Å². The molecular weight excluding hydrogens is 257 g/mol. The van der Waals surface area contributed by atoms with Crippen molar-refractivity contribution < 1.29 is 22.7 Å². The van der Waals surface area contributed by atoms with E-state index in [0.29, 0.717) is 5.75 Å². The van der Waals surface area contributed by atoms with E-state index in [2.05, 4.69) is 0 Å². The van der Waals surface area contributed by atoms with Gasteiger partial charge in [0.2, 0.25) is 0 Å². The quantitative estimate of drug-likeness (QED) is 0.471. The third kappa shape index (κ3) is 3.36.